The average Bonchev–Trinajstić information content (AvgIpc) is 2.14. The molecule has 0 radical (unpaired) electrons. The highest BCUT2D eigenvalue weighted by Gasteiger charge is 2.16. The Hall–Kier alpha value is -0.420. The van der Waals surface area contributed by atoms with E-state index in [1.54, 1.807) is 18.2 Å². The molecule has 0 unspecified atom stereocenters. The van der Waals surface area contributed by atoms with Gasteiger partial charge in [-0.3, -0.25) is 0 Å². The van der Waals surface area contributed by atoms with Crippen LogP contribution in [-0.2, 0) is 10.0 Å². The fraction of sp³-hybridized carbons (Fsp3) is 0.125. The number of rotatable bonds is 3. The van der Waals surface area contributed by atoms with Crippen molar-refractivity contribution in [1.29, 1.82) is 5.26 Å². The quantitative estimate of drug-likeness (QED) is 0.845. The molecule has 0 aliphatic heterocycles. The third-order valence-electron chi connectivity index (χ3n) is 1.52. The Kier molecular flexibility index (Phi) is 4.28. The number of halogens is 2. The molecule has 7 heteroatoms. The molecule has 0 amide bonds. The molecule has 1 aromatic rings. The highest BCUT2D eigenvalue weighted by molar-refractivity contribution is 9.11. The summed E-state index contributed by atoms with van der Waals surface area (Å²) in [5.74, 6) is 0. The predicted octanol–water partition coefficient (Wildman–Crippen LogP) is 2.01. The fourth-order valence-corrected chi connectivity index (χ4v) is 3.56. The number of hydrogen-bond acceptors (Lipinski definition) is 3. The van der Waals surface area contributed by atoms with E-state index in [0.29, 0.717) is 4.47 Å². The van der Waals surface area contributed by atoms with E-state index < -0.39 is 10.0 Å². The van der Waals surface area contributed by atoms with Gasteiger partial charge in [-0.05, 0) is 34.1 Å². The van der Waals surface area contributed by atoms with Crippen LogP contribution in [0.5, 0.6) is 0 Å². The molecule has 0 atom stereocenters. The molecule has 4 nitrogen and oxygen atoms in total. The Labute approximate surface area is 105 Å². The van der Waals surface area contributed by atoms with Gasteiger partial charge in [0.2, 0.25) is 10.0 Å². The average molecular weight is 354 g/mol. The molecule has 1 N–H and O–H groups in total. The smallest absolute Gasteiger partial charge is 0.207 e. The first-order valence-corrected chi connectivity index (χ1v) is 6.86. The molecule has 1 aromatic carbocycles. The van der Waals surface area contributed by atoms with Crippen molar-refractivity contribution >= 4 is 41.9 Å². The summed E-state index contributed by atoms with van der Waals surface area (Å²) in [7, 11) is -3.61. The van der Waals surface area contributed by atoms with E-state index in [9.17, 15) is 8.42 Å². The van der Waals surface area contributed by atoms with Crippen molar-refractivity contribution in [2.75, 3.05) is 6.54 Å². The molecule has 0 fully saturated rings. The van der Waals surface area contributed by atoms with Crippen molar-refractivity contribution in [2.24, 2.45) is 0 Å². The Morgan fingerprint density at radius 2 is 2.07 bits per heavy atom. The van der Waals surface area contributed by atoms with E-state index in [4.69, 9.17) is 5.26 Å². The lowest BCUT2D eigenvalue weighted by molar-refractivity contribution is 0.585. The molecule has 0 saturated heterocycles. The van der Waals surface area contributed by atoms with Crippen molar-refractivity contribution in [1.82, 2.24) is 4.72 Å². The van der Waals surface area contributed by atoms with Crippen LogP contribution < -0.4 is 4.72 Å². The van der Waals surface area contributed by atoms with E-state index in [1.807, 2.05) is 0 Å². The van der Waals surface area contributed by atoms with Crippen LogP contribution in [-0.4, -0.2) is 15.0 Å². The maximum Gasteiger partial charge on any atom is 0.242 e. The van der Waals surface area contributed by atoms with Crippen LogP contribution in [0.4, 0.5) is 0 Å². The first-order chi connectivity index (χ1) is 6.97. The van der Waals surface area contributed by atoms with Gasteiger partial charge >= 0.3 is 0 Å². The number of hydrogen-bond donors (Lipinski definition) is 1. The van der Waals surface area contributed by atoms with Gasteiger partial charge in [-0.1, -0.05) is 15.9 Å². The van der Waals surface area contributed by atoms with E-state index in [1.165, 1.54) is 6.07 Å². The second kappa shape index (κ2) is 5.07. The molecule has 0 saturated carbocycles. The standard InChI is InChI=1S/C8H6Br2N2O2S/c9-6-1-2-8(7(10)5-6)15(13,14)12-4-3-11/h1-2,5,12H,4H2. The van der Waals surface area contributed by atoms with Gasteiger partial charge in [0.05, 0.1) is 17.5 Å². The summed E-state index contributed by atoms with van der Waals surface area (Å²) < 4.78 is 26.6. The topological polar surface area (TPSA) is 70.0 Å². The second-order valence-electron chi connectivity index (χ2n) is 2.56. The predicted molar refractivity (Wildman–Crippen MR) is 62.6 cm³/mol. The van der Waals surface area contributed by atoms with Crippen molar-refractivity contribution in [3.63, 3.8) is 0 Å². The van der Waals surface area contributed by atoms with Crippen LogP contribution in [0.15, 0.2) is 32.0 Å². The summed E-state index contributed by atoms with van der Waals surface area (Å²) in [5.41, 5.74) is 0. The number of nitrogens with one attached hydrogen (secondary N) is 1. The normalized spacial score (nSPS) is 11.0. The highest BCUT2D eigenvalue weighted by Crippen LogP contribution is 2.25. The van der Waals surface area contributed by atoms with Gasteiger partial charge < -0.3 is 0 Å². The maximum atomic E-state index is 11.6. The van der Waals surface area contributed by atoms with E-state index in [0.717, 1.165) is 4.47 Å². The van der Waals surface area contributed by atoms with Gasteiger partial charge in [0.1, 0.15) is 0 Å². The zero-order chi connectivity index (χ0) is 11.5. The zero-order valence-corrected chi connectivity index (χ0v) is 11.4. The number of benzene rings is 1. The van der Waals surface area contributed by atoms with Crippen LogP contribution in [0.25, 0.3) is 0 Å². The number of sulfonamides is 1. The molecule has 15 heavy (non-hydrogen) atoms. The van der Waals surface area contributed by atoms with Crippen LogP contribution >= 0.6 is 31.9 Å². The van der Waals surface area contributed by atoms with E-state index in [2.05, 4.69) is 36.6 Å². The lowest BCUT2D eigenvalue weighted by atomic mass is 10.4. The van der Waals surface area contributed by atoms with Gasteiger partial charge in [-0.2, -0.15) is 9.98 Å². The molecule has 80 valence electrons. The monoisotopic (exact) mass is 352 g/mol. The van der Waals surface area contributed by atoms with Crippen LogP contribution in [0.1, 0.15) is 0 Å². The van der Waals surface area contributed by atoms with Crippen molar-refractivity contribution < 1.29 is 8.42 Å². The Balaban J connectivity index is 3.12. The van der Waals surface area contributed by atoms with Crippen LogP contribution in [0.3, 0.4) is 0 Å². The minimum absolute atomic E-state index is 0.112. The maximum absolute atomic E-state index is 11.6. The molecule has 0 aromatic heterocycles. The Morgan fingerprint density at radius 3 is 2.60 bits per heavy atom. The lowest BCUT2D eigenvalue weighted by Crippen LogP contribution is -2.24. The van der Waals surface area contributed by atoms with Crippen molar-refractivity contribution in [2.45, 2.75) is 4.90 Å². The zero-order valence-electron chi connectivity index (χ0n) is 7.37. The number of nitrogens with zero attached hydrogens (tertiary/aromatic N) is 1. The van der Waals surface area contributed by atoms with E-state index in [-0.39, 0.29) is 11.4 Å². The lowest BCUT2D eigenvalue weighted by Gasteiger charge is -2.05. The van der Waals surface area contributed by atoms with Crippen molar-refractivity contribution in [3.8, 4) is 6.07 Å². The first kappa shape index (κ1) is 12.6. The summed E-state index contributed by atoms with van der Waals surface area (Å²) in [6, 6.07) is 6.40. The molecular formula is C8H6Br2N2O2S. The minimum atomic E-state index is -3.61. The summed E-state index contributed by atoms with van der Waals surface area (Å²) in [4.78, 5) is 0.112. The van der Waals surface area contributed by atoms with Crippen LogP contribution in [0, 0.1) is 11.3 Å². The molecular weight excluding hydrogens is 348 g/mol. The summed E-state index contributed by atoms with van der Waals surface area (Å²) in [6.45, 7) is -0.245. The molecule has 0 bridgehead atoms. The van der Waals surface area contributed by atoms with Crippen LogP contribution in [0.2, 0.25) is 0 Å². The molecule has 1 rings (SSSR count). The van der Waals surface area contributed by atoms with Gasteiger partial charge in [-0.15, -0.1) is 0 Å². The molecule has 0 heterocycles. The minimum Gasteiger partial charge on any atom is -0.207 e. The third kappa shape index (κ3) is 3.28. The highest BCUT2D eigenvalue weighted by atomic mass is 79.9. The fourth-order valence-electron chi connectivity index (χ4n) is 0.898. The van der Waals surface area contributed by atoms with Gasteiger partial charge in [-0.25, -0.2) is 8.42 Å². The third-order valence-corrected chi connectivity index (χ3v) is 4.40. The second-order valence-corrected chi connectivity index (χ2v) is 6.06. The first-order valence-electron chi connectivity index (χ1n) is 3.79. The van der Waals surface area contributed by atoms with Gasteiger partial charge in [0.25, 0.3) is 0 Å². The summed E-state index contributed by atoms with van der Waals surface area (Å²) in [5, 5.41) is 8.29. The Morgan fingerprint density at radius 1 is 1.40 bits per heavy atom. The molecule has 0 spiro atoms. The summed E-state index contributed by atoms with van der Waals surface area (Å²) in [6.07, 6.45) is 0. The molecule has 0 aliphatic carbocycles. The van der Waals surface area contributed by atoms with Gasteiger partial charge in [0.15, 0.2) is 0 Å². The van der Waals surface area contributed by atoms with Gasteiger partial charge in [0, 0.05) is 8.95 Å². The Bertz CT molecular complexity index is 508. The SMILES string of the molecule is N#CCNS(=O)(=O)c1ccc(Br)cc1Br. The summed E-state index contributed by atoms with van der Waals surface area (Å²) >= 11 is 6.36. The van der Waals surface area contributed by atoms with E-state index >= 15 is 0 Å². The largest absolute Gasteiger partial charge is 0.242 e. The number of nitriles is 1. The molecule has 0 aliphatic rings. The van der Waals surface area contributed by atoms with Crippen molar-refractivity contribution in [3.05, 3.63) is 27.1 Å².